The molecular weight excluding hydrogens is 356 g/mol. The fourth-order valence-electron chi connectivity index (χ4n) is 2.30. The van der Waals surface area contributed by atoms with Crippen molar-refractivity contribution in [2.45, 2.75) is 25.0 Å². The van der Waals surface area contributed by atoms with Crippen molar-refractivity contribution in [1.82, 2.24) is 9.80 Å². The van der Waals surface area contributed by atoms with E-state index in [0.717, 1.165) is 9.80 Å². The number of hydrogen-bond acceptors (Lipinski definition) is 8. The average Bonchev–Trinajstić information content (AvgIpc) is 2.41. The van der Waals surface area contributed by atoms with E-state index in [0.29, 0.717) is 0 Å². The van der Waals surface area contributed by atoms with Crippen LogP contribution in [-0.4, -0.2) is 116 Å². The fourth-order valence-corrected chi connectivity index (χ4v) is 2.30. The molecule has 0 spiro atoms. The van der Waals surface area contributed by atoms with Crippen LogP contribution >= 0.6 is 0 Å². The number of carboxylic acids is 4. The van der Waals surface area contributed by atoms with Crippen molar-refractivity contribution in [3.63, 3.8) is 0 Å². The predicted octanol–water partition coefficient (Wildman–Crippen LogP) is -2.57. The third kappa shape index (κ3) is 13.1. The summed E-state index contributed by atoms with van der Waals surface area (Å²) < 4.78 is 0. The molecule has 2 atom stereocenters. The molecule has 26 heavy (non-hydrogen) atoms. The fraction of sp³-hybridized carbons (Fsp3) is 0.714. The third-order valence-electron chi connectivity index (χ3n) is 3.21. The molecule has 0 aliphatic rings. The summed E-state index contributed by atoms with van der Waals surface area (Å²) in [4.78, 5) is 44.7. The van der Waals surface area contributed by atoms with E-state index in [9.17, 15) is 29.4 Å². The van der Waals surface area contributed by atoms with Crippen LogP contribution in [0.4, 0.5) is 0 Å². The van der Waals surface area contributed by atoms with Crippen LogP contribution in [0, 0.1) is 0 Å². The second-order valence-electron chi connectivity index (χ2n) is 5.80. The molecule has 0 aromatic heterocycles. The number of aliphatic carboxylic acids is 4. The number of hydrogen-bond donors (Lipinski definition) is 6. The Morgan fingerprint density at radius 3 is 1.00 bits per heavy atom. The number of aliphatic hydroxyl groups is 2. The van der Waals surface area contributed by atoms with Gasteiger partial charge in [0, 0.05) is 13.1 Å². The largest absolute Gasteiger partial charge is 0.480 e. The summed E-state index contributed by atoms with van der Waals surface area (Å²) in [7, 11) is 0. The molecule has 0 saturated carbocycles. The van der Waals surface area contributed by atoms with Crippen LogP contribution in [-0.2, 0) is 19.2 Å². The number of nitrogens with zero attached hydrogens (tertiary/aromatic N) is 2. The van der Waals surface area contributed by atoms with Crippen molar-refractivity contribution in [2.75, 3.05) is 39.3 Å². The van der Waals surface area contributed by atoms with Gasteiger partial charge in [0.25, 0.3) is 0 Å². The first-order valence-corrected chi connectivity index (χ1v) is 7.67. The van der Waals surface area contributed by atoms with Crippen molar-refractivity contribution < 1.29 is 49.8 Å². The lowest BCUT2D eigenvalue weighted by atomic mass is 10.1. The van der Waals surface area contributed by atoms with Crippen molar-refractivity contribution >= 4 is 23.9 Å². The highest BCUT2D eigenvalue weighted by atomic mass is 16.4. The molecule has 0 amide bonds. The van der Waals surface area contributed by atoms with E-state index >= 15 is 0 Å². The van der Waals surface area contributed by atoms with E-state index in [2.05, 4.69) is 0 Å². The molecule has 0 bridgehead atoms. The molecule has 12 heteroatoms. The van der Waals surface area contributed by atoms with Crippen LogP contribution in [0.5, 0.6) is 0 Å². The van der Waals surface area contributed by atoms with Gasteiger partial charge in [-0.3, -0.25) is 29.0 Å². The second-order valence-corrected chi connectivity index (χ2v) is 5.80. The Bertz CT molecular complexity index is 422. The van der Waals surface area contributed by atoms with Gasteiger partial charge in [0.05, 0.1) is 38.4 Å². The van der Waals surface area contributed by atoms with Gasteiger partial charge in [-0.05, 0) is 12.8 Å². The Kier molecular flexibility index (Phi) is 11.1. The summed E-state index contributed by atoms with van der Waals surface area (Å²) in [6, 6.07) is 0. The van der Waals surface area contributed by atoms with Crippen molar-refractivity contribution in [3.8, 4) is 0 Å². The molecule has 0 saturated heterocycles. The Labute approximate surface area is 148 Å². The minimum Gasteiger partial charge on any atom is -0.480 e. The van der Waals surface area contributed by atoms with Crippen LogP contribution in [0.15, 0.2) is 0 Å². The van der Waals surface area contributed by atoms with E-state index in [4.69, 9.17) is 20.4 Å². The summed E-state index contributed by atoms with van der Waals surface area (Å²) in [6.45, 7) is -2.76. The molecule has 2 unspecified atom stereocenters. The molecule has 0 radical (unpaired) electrons. The van der Waals surface area contributed by atoms with Gasteiger partial charge >= 0.3 is 23.9 Å². The van der Waals surface area contributed by atoms with Gasteiger partial charge in [-0.2, -0.15) is 0 Å². The number of rotatable bonds is 15. The Balaban J connectivity index is 4.45. The van der Waals surface area contributed by atoms with Crippen molar-refractivity contribution in [1.29, 1.82) is 0 Å². The van der Waals surface area contributed by atoms with Crippen LogP contribution in [0.25, 0.3) is 0 Å². The van der Waals surface area contributed by atoms with E-state index in [1.54, 1.807) is 0 Å². The van der Waals surface area contributed by atoms with E-state index in [1.165, 1.54) is 0 Å². The number of carbonyl (C=O) groups is 4. The van der Waals surface area contributed by atoms with Crippen LogP contribution in [0.2, 0.25) is 0 Å². The van der Waals surface area contributed by atoms with Crippen LogP contribution in [0.1, 0.15) is 12.8 Å². The molecule has 6 N–H and O–H groups in total. The van der Waals surface area contributed by atoms with E-state index in [1.807, 2.05) is 0 Å². The van der Waals surface area contributed by atoms with Gasteiger partial charge in [0.15, 0.2) is 0 Å². The standard InChI is InChI=1S/C14H24N2O10/c17-9(3-15(5-11(19)20)6-12(21)22)1-2-10(18)4-16(7-13(23)24)8-14(25)26/h9-10,17-18H,1-8H2,(H,19,20)(H,21,22)(H,23,24)(H,25,26). The SMILES string of the molecule is O=C(O)CN(CC(=O)O)CC(O)CCC(O)CN(CC(=O)O)CC(=O)O. The summed E-state index contributed by atoms with van der Waals surface area (Å²) in [6.07, 6.45) is -2.25. The minimum atomic E-state index is -1.25. The highest BCUT2D eigenvalue weighted by Gasteiger charge is 2.20. The van der Waals surface area contributed by atoms with Crippen LogP contribution in [0.3, 0.4) is 0 Å². The summed E-state index contributed by atoms with van der Waals surface area (Å²) in [5.41, 5.74) is 0. The van der Waals surface area contributed by atoms with Gasteiger partial charge in [0.1, 0.15) is 0 Å². The first kappa shape index (κ1) is 23.7. The molecular formula is C14H24N2O10. The maximum absolute atomic E-state index is 10.7. The molecule has 0 aliphatic heterocycles. The zero-order valence-electron chi connectivity index (χ0n) is 14.0. The molecule has 0 aromatic rings. The summed E-state index contributed by atoms with van der Waals surface area (Å²) >= 11 is 0. The molecule has 0 fully saturated rings. The van der Waals surface area contributed by atoms with Gasteiger partial charge in [0.2, 0.25) is 0 Å². The molecule has 150 valence electrons. The van der Waals surface area contributed by atoms with E-state index in [-0.39, 0.29) is 25.9 Å². The number of carboxylic acid groups (broad SMARTS) is 4. The predicted molar refractivity (Wildman–Crippen MR) is 84.7 cm³/mol. The topological polar surface area (TPSA) is 196 Å². The molecule has 0 heterocycles. The summed E-state index contributed by atoms with van der Waals surface area (Å²) in [5.74, 6) is -5.01. The lowest BCUT2D eigenvalue weighted by Gasteiger charge is -2.24. The lowest BCUT2D eigenvalue weighted by Crippen LogP contribution is -2.41. The highest BCUT2D eigenvalue weighted by Crippen LogP contribution is 2.06. The first-order valence-electron chi connectivity index (χ1n) is 7.67. The lowest BCUT2D eigenvalue weighted by molar-refractivity contribution is -0.144. The Hall–Kier alpha value is -2.28. The highest BCUT2D eigenvalue weighted by molar-refractivity contribution is 5.73. The van der Waals surface area contributed by atoms with Gasteiger partial charge < -0.3 is 30.6 Å². The zero-order chi connectivity index (χ0) is 20.3. The summed E-state index contributed by atoms with van der Waals surface area (Å²) in [5, 5.41) is 54.6. The van der Waals surface area contributed by atoms with Gasteiger partial charge in [-0.1, -0.05) is 0 Å². The average molecular weight is 380 g/mol. The first-order chi connectivity index (χ1) is 12.0. The van der Waals surface area contributed by atoms with Crippen molar-refractivity contribution in [2.24, 2.45) is 0 Å². The van der Waals surface area contributed by atoms with Gasteiger partial charge in [-0.15, -0.1) is 0 Å². The Morgan fingerprint density at radius 1 is 0.577 bits per heavy atom. The molecule has 0 aromatic carbocycles. The molecule has 0 rings (SSSR count). The number of aliphatic hydroxyl groups excluding tert-OH is 2. The quantitative estimate of drug-likeness (QED) is 0.174. The Morgan fingerprint density at radius 2 is 0.808 bits per heavy atom. The normalized spacial score (nSPS) is 13.5. The maximum Gasteiger partial charge on any atom is 0.317 e. The smallest absolute Gasteiger partial charge is 0.317 e. The zero-order valence-corrected chi connectivity index (χ0v) is 14.0. The van der Waals surface area contributed by atoms with Crippen LogP contribution < -0.4 is 0 Å². The van der Waals surface area contributed by atoms with E-state index < -0.39 is 62.3 Å². The van der Waals surface area contributed by atoms with Gasteiger partial charge in [-0.25, -0.2) is 0 Å². The molecule has 0 aliphatic carbocycles. The van der Waals surface area contributed by atoms with Crippen molar-refractivity contribution in [3.05, 3.63) is 0 Å². The minimum absolute atomic E-state index is 0.00904. The third-order valence-corrected chi connectivity index (χ3v) is 3.21. The molecule has 12 nitrogen and oxygen atoms in total. The maximum atomic E-state index is 10.7. The monoisotopic (exact) mass is 380 g/mol. The second kappa shape index (κ2) is 12.1.